The van der Waals surface area contributed by atoms with E-state index in [2.05, 4.69) is 10.3 Å². The molecule has 2 heterocycles. The molecule has 1 N–H and O–H groups in total. The molecule has 9 nitrogen and oxygen atoms in total. The van der Waals surface area contributed by atoms with Crippen LogP contribution in [0.2, 0.25) is 0 Å². The third kappa shape index (κ3) is 5.68. The van der Waals surface area contributed by atoms with Crippen molar-refractivity contribution in [3.63, 3.8) is 0 Å². The summed E-state index contributed by atoms with van der Waals surface area (Å²) in [5.74, 6) is 0.407. The van der Waals surface area contributed by atoms with Gasteiger partial charge in [0.25, 0.3) is 11.5 Å². The first-order valence-corrected chi connectivity index (χ1v) is 13.5. The van der Waals surface area contributed by atoms with Gasteiger partial charge < -0.3 is 19.5 Å². The second kappa shape index (κ2) is 11.6. The molecule has 3 aromatic carbocycles. The van der Waals surface area contributed by atoms with Crippen molar-refractivity contribution in [2.75, 3.05) is 19.5 Å². The van der Waals surface area contributed by atoms with Gasteiger partial charge in [0.05, 0.1) is 36.1 Å². The van der Waals surface area contributed by atoms with Crippen LogP contribution in [0.1, 0.15) is 31.0 Å². The summed E-state index contributed by atoms with van der Waals surface area (Å²) in [7, 11) is 3.04. The minimum Gasteiger partial charge on any atom is -0.497 e. The highest BCUT2D eigenvalue weighted by atomic mass is 32.1. The molecule has 0 saturated heterocycles. The fourth-order valence-corrected chi connectivity index (χ4v) is 5.67. The van der Waals surface area contributed by atoms with E-state index in [-0.39, 0.29) is 17.2 Å². The number of allylic oxidation sites excluding steroid dienone is 1. The van der Waals surface area contributed by atoms with E-state index in [1.807, 2.05) is 36.4 Å². The van der Waals surface area contributed by atoms with Crippen LogP contribution < -0.4 is 34.4 Å². The van der Waals surface area contributed by atoms with E-state index < -0.39 is 12.0 Å². The van der Waals surface area contributed by atoms with Gasteiger partial charge in [-0.05, 0) is 60.5 Å². The Kier molecular flexibility index (Phi) is 7.84. The molecule has 1 aliphatic rings. The molecule has 4 aromatic rings. The minimum atomic E-state index is -0.743. The number of hydrogen-bond acceptors (Lipinski definition) is 8. The SMILES string of the molecule is COc1cccc([C@H]2C(C(=O)Nc3ccccc3)=C(C)N=c3s/c(=C\c4ccc(OC(C)=O)c(OC)c4)c(=O)n32)c1. The van der Waals surface area contributed by atoms with Gasteiger partial charge in [0.2, 0.25) is 0 Å². The van der Waals surface area contributed by atoms with Crippen LogP contribution in [0.15, 0.2) is 93.9 Å². The van der Waals surface area contributed by atoms with E-state index in [9.17, 15) is 14.4 Å². The number of thiazole rings is 1. The molecule has 10 heteroatoms. The van der Waals surface area contributed by atoms with Gasteiger partial charge in [0.1, 0.15) is 5.75 Å². The number of methoxy groups -OCH3 is 2. The Morgan fingerprint density at radius 1 is 0.976 bits per heavy atom. The quantitative estimate of drug-likeness (QED) is 0.268. The van der Waals surface area contributed by atoms with E-state index in [1.165, 1.54) is 25.4 Å². The van der Waals surface area contributed by atoms with Gasteiger partial charge in [-0.3, -0.25) is 19.0 Å². The highest BCUT2D eigenvalue weighted by molar-refractivity contribution is 7.07. The summed E-state index contributed by atoms with van der Waals surface area (Å²) in [6.45, 7) is 3.08. The van der Waals surface area contributed by atoms with Gasteiger partial charge in [0.15, 0.2) is 16.3 Å². The first-order valence-electron chi connectivity index (χ1n) is 12.7. The van der Waals surface area contributed by atoms with Crippen LogP contribution in [0.3, 0.4) is 0 Å². The fourth-order valence-electron chi connectivity index (χ4n) is 4.62. The lowest BCUT2D eigenvalue weighted by Crippen LogP contribution is -2.40. The smallest absolute Gasteiger partial charge is 0.308 e. The highest BCUT2D eigenvalue weighted by Gasteiger charge is 2.32. The van der Waals surface area contributed by atoms with Crippen molar-refractivity contribution < 1.29 is 23.8 Å². The van der Waals surface area contributed by atoms with E-state index in [0.717, 1.165) is 0 Å². The average Bonchev–Trinajstić information content (AvgIpc) is 3.27. The number of fused-ring (bicyclic) bond motifs is 1. The third-order valence-corrected chi connectivity index (χ3v) is 7.43. The molecule has 1 atom stereocenters. The molecule has 0 spiro atoms. The number of ether oxygens (including phenoxy) is 3. The molecular formula is C31H27N3O6S. The maximum atomic E-state index is 14.0. The largest absolute Gasteiger partial charge is 0.497 e. The molecule has 0 radical (unpaired) electrons. The molecule has 0 unspecified atom stereocenters. The average molecular weight is 570 g/mol. The van der Waals surface area contributed by atoms with Gasteiger partial charge >= 0.3 is 5.97 Å². The topological polar surface area (TPSA) is 108 Å². The van der Waals surface area contributed by atoms with Crippen molar-refractivity contribution in [1.82, 2.24) is 4.57 Å². The summed E-state index contributed by atoms with van der Waals surface area (Å²) >= 11 is 1.22. The Morgan fingerprint density at radius 2 is 1.76 bits per heavy atom. The number of carbonyl (C=O) groups is 2. The van der Waals surface area contributed by atoms with Gasteiger partial charge in [0, 0.05) is 12.6 Å². The molecule has 208 valence electrons. The number of para-hydroxylation sites is 1. The van der Waals surface area contributed by atoms with Crippen LogP contribution in [0.25, 0.3) is 6.08 Å². The van der Waals surface area contributed by atoms with Gasteiger partial charge in [-0.25, -0.2) is 4.99 Å². The van der Waals surface area contributed by atoms with Crippen molar-refractivity contribution in [3.05, 3.63) is 115 Å². The standard InChI is InChI=1S/C31H27N3O6S/c1-18-27(29(36)33-22-10-6-5-7-11-22)28(21-9-8-12-23(17-21)38-3)34-30(37)26(41-31(34)32-18)16-20-13-14-24(40-19(2)35)25(15-20)39-4/h5-17,28H,1-4H3,(H,33,36)/b26-16-/t28-/m0/s1. The maximum absolute atomic E-state index is 14.0. The van der Waals surface area contributed by atoms with E-state index in [0.29, 0.717) is 48.9 Å². The molecular weight excluding hydrogens is 542 g/mol. The van der Waals surface area contributed by atoms with Crippen molar-refractivity contribution in [1.29, 1.82) is 0 Å². The predicted octanol–water partition coefficient (Wildman–Crippen LogP) is 3.82. The van der Waals surface area contributed by atoms with E-state index in [4.69, 9.17) is 14.2 Å². The Labute approximate surface area is 239 Å². The number of nitrogens with zero attached hydrogens (tertiary/aromatic N) is 2. The Balaban J connectivity index is 1.65. The number of nitrogens with one attached hydrogen (secondary N) is 1. The number of benzene rings is 3. The lowest BCUT2D eigenvalue weighted by Gasteiger charge is -2.25. The van der Waals surface area contributed by atoms with Crippen LogP contribution in [0.5, 0.6) is 17.2 Å². The number of esters is 1. The second-order valence-electron chi connectivity index (χ2n) is 9.18. The van der Waals surface area contributed by atoms with E-state index in [1.54, 1.807) is 61.1 Å². The van der Waals surface area contributed by atoms with Gasteiger partial charge in [-0.15, -0.1) is 0 Å². The fraction of sp³-hybridized carbons (Fsp3) is 0.161. The normalized spacial score (nSPS) is 14.6. The summed E-state index contributed by atoms with van der Waals surface area (Å²) < 4.78 is 18.0. The maximum Gasteiger partial charge on any atom is 0.308 e. The first-order chi connectivity index (χ1) is 19.8. The number of hydrogen-bond donors (Lipinski definition) is 1. The molecule has 5 rings (SSSR count). The molecule has 1 amide bonds. The van der Waals surface area contributed by atoms with Gasteiger partial charge in [-0.2, -0.15) is 0 Å². The number of amides is 1. The summed E-state index contributed by atoms with van der Waals surface area (Å²) in [5, 5.41) is 2.94. The molecule has 0 aliphatic carbocycles. The summed E-state index contributed by atoms with van der Waals surface area (Å²) in [5.41, 5.74) is 2.56. The summed E-state index contributed by atoms with van der Waals surface area (Å²) in [6, 6.07) is 20.7. The first kappa shape index (κ1) is 27.6. The van der Waals surface area contributed by atoms with E-state index >= 15 is 0 Å². The van der Waals surface area contributed by atoms with Crippen LogP contribution in [-0.4, -0.2) is 30.7 Å². The van der Waals surface area contributed by atoms with Gasteiger partial charge in [-0.1, -0.05) is 47.7 Å². The molecule has 41 heavy (non-hydrogen) atoms. The number of rotatable bonds is 7. The molecule has 1 aromatic heterocycles. The molecule has 0 bridgehead atoms. The Morgan fingerprint density at radius 3 is 2.46 bits per heavy atom. The number of carbonyl (C=O) groups excluding carboxylic acids is 2. The third-order valence-electron chi connectivity index (χ3n) is 6.45. The van der Waals surface area contributed by atoms with Crippen LogP contribution in [-0.2, 0) is 9.59 Å². The van der Waals surface area contributed by atoms with Crippen molar-refractivity contribution >= 4 is 35.0 Å². The second-order valence-corrected chi connectivity index (χ2v) is 10.2. The van der Waals surface area contributed by atoms with Crippen LogP contribution in [0, 0.1) is 0 Å². The lowest BCUT2D eigenvalue weighted by atomic mass is 9.95. The predicted molar refractivity (Wildman–Crippen MR) is 156 cm³/mol. The Bertz CT molecular complexity index is 1860. The van der Waals surface area contributed by atoms with Crippen molar-refractivity contribution in [2.45, 2.75) is 19.9 Å². The highest BCUT2D eigenvalue weighted by Crippen LogP contribution is 2.33. The van der Waals surface area contributed by atoms with Crippen molar-refractivity contribution in [2.24, 2.45) is 4.99 Å². The number of aromatic nitrogens is 1. The van der Waals surface area contributed by atoms with Crippen LogP contribution >= 0.6 is 11.3 Å². The van der Waals surface area contributed by atoms with Crippen LogP contribution in [0.4, 0.5) is 5.69 Å². The zero-order valence-electron chi connectivity index (χ0n) is 22.8. The molecule has 1 aliphatic heterocycles. The molecule has 0 fully saturated rings. The lowest BCUT2D eigenvalue weighted by molar-refractivity contribution is -0.132. The monoisotopic (exact) mass is 569 g/mol. The summed E-state index contributed by atoms with van der Waals surface area (Å²) in [4.78, 5) is 44.2. The summed E-state index contributed by atoms with van der Waals surface area (Å²) in [6.07, 6.45) is 1.72. The molecule has 0 saturated carbocycles. The minimum absolute atomic E-state index is 0.279. The number of anilines is 1. The van der Waals surface area contributed by atoms with Crippen molar-refractivity contribution in [3.8, 4) is 17.2 Å². The zero-order chi connectivity index (χ0) is 29.1. The zero-order valence-corrected chi connectivity index (χ0v) is 23.7. The Hall–Kier alpha value is -4.96.